The van der Waals surface area contributed by atoms with Crippen LogP contribution in [0.4, 0.5) is 0 Å². The SMILES string of the molecule is CCNCC(=O)NC(C)C(=O)NC1CC1. The lowest BCUT2D eigenvalue weighted by atomic mass is 10.3. The quantitative estimate of drug-likeness (QED) is 0.550. The van der Waals surface area contributed by atoms with Gasteiger partial charge in [0.15, 0.2) is 0 Å². The maximum absolute atomic E-state index is 11.5. The Labute approximate surface area is 90.0 Å². The van der Waals surface area contributed by atoms with Crippen molar-refractivity contribution < 1.29 is 9.59 Å². The van der Waals surface area contributed by atoms with Gasteiger partial charge in [-0.2, -0.15) is 0 Å². The summed E-state index contributed by atoms with van der Waals surface area (Å²) in [5, 5.41) is 8.38. The molecule has 1 aliphatic rings. The molecule has 5 nitrogen and oxygen atoms in total. The summed E-state index contributed by atoms with van der Waals surface area (Å²) in [7, 11) is 0. The average molecular weight is 213 g/mol. The molecule has 0 aromatic carbocycles. The van der Waals surface area contributed by atoms with Crippen LogP contribution in [0.3, 0.4) is 0 Å². The number of rotatable bonds is 6. The molecular formula is C10H19N3O2. The Morgan fingerprint density at radius 1 is 1.40 bits per heavy atom. The van der Waals surface area contributed by atoms with Crippen molar-refractivity contribution >= 4 is 11.8 Å². The molecule has 1 atom stereocenters. The second-order valence-electron chi connectivity index (χ2n) is 3.85. The molecule has 0 saturated heterocycles. The highest BCUT2D eigenvalue weighted by Crippen LogP contribution is 2.18. The topological polar surface area (TPSA) is 70.2 Å². The normalized spacial score (nSPS) is 16.9. The molecule has 1 unspecified atom stereocenters. The molecule has 5 heteroatoms. The molecule has 0 aromatic rings. The third-order valence-electron chi connectivity index (χ3n) is 2.23. The molecule has 0 radical (unpaired) electrons. The molecule has 0 aliphatic heterocycles. The summed E-state index contributed by atoms with van der Waals surface area (Å²) in [6.45, 7) is 4.63. The maximum Gasteiger partial charge on any atom is 0.242 e. The number of carbonyl (C=O) groups excluding carboxylic acids is 2. The van der Waals surface area contributed by atoms with Gasteiger partial charge in [-0.05, 0) is 26.3 Å². The van der Waals surface area contributed by atoms with Crippen molar-refractivity contribution in [1.82, 2.24) is 16.0 Å². The van der Waals surface area contributed by atoms with E-state index in [0.717, 1.165) is 19.4 Å². The zero-order chi connectivity index (χ0) is 11.3. The Bertz CT molecular complexity index is 239. The van der Waals surface area contributed by atoms with E-state index < -0.39 is 6.04 Å². The van der Waals surface area contributed by atoms with Gasteiger partial charge in [0.1, 0.15) is 6.04 Å². The predicted molar refractivity (Wildman–Crippen MR) is 57.3 cm³/mol. The molecule has 15 heavy (non-hydrogen) atoms. The standard InChI is InChI=1S/C10H19N3O2/c1-3-11-6-9(14)12-7(2)10(15)13-8-4-5-8/h7-8,11H,3-6H2,1-2H3,(H,12,14)(H,13,15). The van der Waals surface area contributed by atoms with Gasteiger partial charge in [-0.15, -0.1) is 0 Å². The highest BCUT2D eigenvalue weighted by Gasteiger charge is 2.25. The van der Waals surface area contributed by atoms with E-state index in [-0.39, 0.29) is 18.4 Å². The fourth-order valence-electron chi connectivity index (χ4n) is 1.15. The fourth-order valence-corrected chi connectivity index (χ4v) is 1.15. The van der Waals surface area contributed by atoms with Gasteiger partial charge in [-0.1, -0.05) is 6.92 Å². The van der Waals surface area contributed by atoms with Crippen molar-refractivity contribution in [1.29, 1.82) is 0 Å². The monoisotopic (exact) mass is 213 g/mol. The average Bonchev–Trinajstić information content (AvgIpc) is 2.98. The molecule has 3 N–H and O–H groups in total. The van der Waals surface area contributed by atoms with Gasteiger partial charge in [0.05, 0.1) is 6.54 Å². The number of hydrogen-bond acceptors (Lipinski definition) is 3. The number of amides is 2. The first-order valence-corrected chi connectivity index (χ1v) is 5.44. The van der Waals surface area contributed by atoms with Crippen molar-refractivity contribution in [2.75, 3.05) is 13.1 Å². The highest BCUT2D eigenvalue weighted by molar-refractivity contribution is 5.88. The number of likely N-dealkylation sites (N-methyl/N-ethyl adjacent to an activating group) is 1. The zero-order valence-corrected chi connectivity index (χ0v) is 9.30. The number of nitrogens with one attached hydrogen (secondary N) is 3. The summed E-state index contributed by atoms with van der Waals surface area (Å²) in [4.78, 5) is 22.7. The van der Waals surface area contributed by atoms with Crippen LogP contribution in [0.5, 0.6) is 0 Å². The van der Waals surface area contributed by atoms with Gasteiger partial charge >= 0.3 is 0 Å². The van der Waals surface area contributed by atoms with E-state index in [1.165, 1.54) is 0 Å². The lowest BCUT2D eigenvalue weighted by Crippen LogP contribution is -2.47. The van der Waals surface area contributed by atoms with E-state index in [2.05, 4.69) is 16.0 Å². The molecule has 0 bridgehead atoms. The van der Waals surface area contributed by atoms with Crippen LogP contribution in [0.1, 0.15) is 26.7 Å². The minimum absolute atomic E-state index is 0.0950. The van der Waals surface area contributed by atoms with Crippen LogP contribution in [-0.4, -0.2) is 37.0 Å². The summed E-state index contributed by atoms with van der Waals surface area (Å²) >= 11 is 0. The van der Waals surface area contributed by atoms with Crippen molar-refractivity contribution in [3.63, 3.8) is 0 Å². The van der Waals surface area contributed by atoms with Crippen LogP contribution in [0, 0.1) is 0 Å². The Hall–Kier alpha value is -1.10. The highest BCUT2D eigenvalue weighted by atomic mass is 16.2. The number of carbonyl (C=O) groups is 2. The van der Waals surface area contributed by atoms with Crippen LogP contribution < -0.4 is 16.0 Å². The molecule has 2 amide bonds. The Morgan fingerprint density at radius 2 is 2.07 bits per heavy atom. The van der Waals surface area contributed by atoms with Gasteiger partial charge in [0.25, 0.3) is 0 Å². The Morgan fingerprint density at radius 3 is 2.60 bits per heavy atom. The van der Waals surface area contributed by atoms with E-state index in [1.54, 1.807) is 6.92 Å². The molecular weight excluding hydrogens is 194 g/mol. The first-order valence-electron chi connectivity index (χ1n) is 5.44. The van der Waals surface area contributed by atoms with Crippen molar-refractivity contribution in [3.8, 4) is 0 Å². The van der Waals surface area contributed by atoms with Gasteiger partial charge in [-0.3, -0.25) is 9.59 Å². The molecule has 1 rings (SSSR count). The Balaban J connectivity index is 2.17. The summed E-state index contributed by atoms with van der Waals surface area (Å²) < 4.78 is 0. The van der Waals surface area contributed by atoms with E-state index in [9.17, 15) is 9.59 Å². The first kappa shape index (κ1) is 12.0. The molecule has 1 aliphatic carbocycles. The van der Waals surface area contributed by atoms with E-state index in [1.807, 2.05) is 6.92 Å². The van der Waals surface area contributed by atoms with Gasteiger partial charge in [-0.25, -0.2) is 0 Å². The third-order valence-corrected chi connectivity index (χ3v) is 2.23. The van der Waals surface area contributed by atoms with Crippen LogP contribution in [0.25, 0.3) is 0 Å². The summed E-state index contributed by atoms with van der Waals surface area (Å²) in [5.41, 5.74) is 0. The third kappa shape index (κ3) is 4.78. The summed E-state index contributed by atoms with van der Waals surface area (Å²) in [5.74, 6) is -0.238. The fraction of sp³-hybridized carbons (Fsp3) is 0.800. The van der Waals surface area contributed by atoms with Gasteiger partial charge in [0.2, 0.25) is 11.8 Å². The second-order valence-corrected chi connectivity index (χ2v) is 3.85. The lowest BCUT2D eigenvalue weighted by molar-refractivity contribution is -0.128. The molecule has 1 saturated carbocycles. The molecule has 1 fully saturated rings. The molecule has 0 aromatic heterocycles. The molecule has 86 valence electrons. The maximum atomic E-state index is 11.5. The minimum atomic E-state index is -0.447. The van der Waals surface area contributed by atoms with Crippen molar-refractivity contribution in [2.45, 2.75) is 38.8 Å². The smallest absolute Gasteiger partial charge is 0.242 e. The summed E-state index contributed by atoms with van der Waals surface area (Å²) in [6.07, 6.45) is 2.12. The van der Waals surface area contributed by atoms with Gasteiger partial charge in [0, 0.05) is 6.04 Å². The largest absolute Gasteiger partial charge is 0.352 e. The van der Waals surface area contributed by atoms with E-state index in [0.29, 0.717) is 6.04 Å². The van der Waals surface area contributed by atoms with Crippen molar-refractivity contribution in [2.24, 2.45) is 0 Å². The van der Waals surface area contributed by atoms with Crippen LogP contribution >= 0.6 is 0 Å². The van der Waals surface area contributed by atoms with Crippen LogP contribution in [0.2, 0.25) is 0 Å². The molecule has 0 heterocycles. The predicted octanol–water partition coefficient (Wildman–Crippen LogP) is -0.621. The second kappa shape index (κ2) is 5.70. The van der Waals surface area contributed by atoms with Crippen molar-refractivity contribution in [3.05, 3.63) is 0 Å². The summed E-state index contributed by atoms with van der Waals surface area (Å²) in [6, 6.07) is -0.109. The minimum Gasteiger partial charge on any atom is -0.352 e. The van der Waals surface area contributed by atoms with Crippen LogP contribution in [-0.2, 0) is 9.59 Å². The van der Waals surface area contributed by atoms with E-state index in [4.69, 9.17) is 0 Å². The van der Waals surface area contributed by atoms with E-state index >= 15 is 0 Å². The molecule has 0 spiro atoms. The van der Waals surface area contributed by atoms with Gasteiger partial charge < -0.3 is 16.0 Å². The van der Waals surface area contributed by atoms with Crippen LogP contribution in [0.15, 0.2) is 0 Å². The first-order chi connectivity index (χ1) is 7.13. The Kier molecular flexibility index (Phi) is 4.55. The number of hydrogen-bond donors (Lipinski definition) is 3. The lowest BCUT2D eigenvalue weighted by Gasteiger charge is -2.13. The zero-order valence-electron chi connectivity index (χ0n) is 9.30.